The van der Waals surface area contributed by atoms with Gasteiger partial charge < -0.3 is 14.5 Å². The molecule has 0 unspecified atom stereocenters. The lowest BCUT2D eigenvalue weighted by Gasteiger charge is -2.58. The fourth-order valence-electron chi connectivity index (χ4n) is 5.39. The van der Waals surface area contributed by atoms with Crippen molar-refractivity contribution >= 4 is 17.5 Å². The smallest absolute Gasteiger partial charge is 0.283 e. The van der Waals surface area contributed by atoms with E-state index in [9.17, 15) is 9.59 Å². The molecular formula is C23H27ClN4O3. The van der Waals surface area contributed by atoms with Crippen LogP contribution >= 0.6 is 11.6 Å². The van der Waals surface area contributed by atoms with Gasteiger partial charge in [-0.1, -0.05) is 17.7 Å². The van der Waals surface area contributed by atoms with Crippen LogP contribution in [0.15, 0.2) is 23.1 Å². The van der Waals surface area contributed by atoms with Gasteiger partial charge >= 0.3 is 0 Å². The van der Waals surface area contributed by atoms with E-state index in [1.54, 1.807) is 11.1 Å². The molecule has 1 spiro atoms. The molecule has 1 amide bonds. The van der Waals surface area contributed by atoms with Gasteiger partial charge in [-0.3, -0.25) is 9.59 Å². The predicted molar refractivity (Wildman–Crippen MR) is 118 cm³/mol. The third-order valence-electron chi connectivity index (χ3n) is 6.96. The standard InChI is InChI=1S/C23H27ClN4O3/c1-14-5-6-18(17-11-27(2)22(30)19(14)17)31-16-8-23(9-16)12-28(13-23)7-3-4-15-10-25-26-21(29)20(15)24/h5-6,10,16H,3-4,7-9,11-13H2,1-2H3,(H,26,29). The number of nitrogens with one attached hydrogen (secondary N) is 1. The van der Waals surface area contributed by atoms with Crippen LogP contribution in [0.25, 0.3) is 0 Å². The first-order valence-corrected chi connectivity index (χ1v) is 11.2. The summed E-state index contributed by atoms with van der Waals surface area (Å²) in [5.74, 6) is 0.965. The second kappa shape index (κ2) is 7.64. The van der Waals surface area contributed by atoms with E-state index >= 15 is 0 Å². The van der Waals surface area contributed by atoms with Crippen molar-refractivity contribution in [3.63, 3.8) is 0 Å². The molecule has 5 rings (SSSR count). The number of carbonyl (C=O) groups is 1. The van der Waals surface area contributed by atoms with Crippen molar-refractivity contribution in [1.29, 1.82) is 0 Å². The van der Waals surface area contributed by atoms with Crippen LogP contribution in [0, 0.1) is 12.3 Å². The Hall–Kier alpha value is -2.38. The summed E-state index contributed by atoms with van der Waals surface area (Å²) in [7, 11) is 1.84. The molecule has 8 heteroatoms. The van der Waals surface area contributed by atoms with Crippen LogP contribution in [-0.4, -0.2) is 58.7 Å². The third kappa shape index (κ3) is 3.64. The number of hydrogen-bond donors (Lipinski definition) is 1. The van der Waals surface area contributed by atoms with Crippen LogP contribution in [0.1, 0.15) is 46.3 Å². The van der Waals surface area contributed by atoms with Crippen LogP contribution in [0.2, 0.25) is 5.02 Å². The number of H-pyrrole nitrogens is 1. The van der Waals surface area contributed by atoms with Gasteiger partial charge in [0.15, 0.2) is 0 Å². The number of halogens is 1. The first kappa shape index (κ1) is 20.5. The Morgan fingerprint density at radius 1 is 1.29 bits per heavy atom. The summed E-state index contributed by atoms with van der Waals surface area (Å²) in [5, 5.41) is 6.43. The number of likely N-dealkylation sites (tertiary alicyclic amines) is 1. The molecule has 3 heterocycles. The van der Waals surface area contributed by atoms with Gasteiger partial charge in [0, 0.05) is 31.1 Å². The molecule has 1 aromatic carbocycles. The number of aryl methyl sites for hydroxylation is 2. The zero-order valence-corrected chi connectivity index (χ0v) is 18.7. The molecule has 1 aliphatic carbocycles. The summed E-state index contributed by atoms with van der Waals surface area (Å²) in [6.45, 7) is 5.81. The number of amides is 1. The summed E-state index contributed by atoms with van der Waals surface area (Å²) in [4.78, 5) is 28.1. The van der Waals surface area contributed by atoms with Gasteiger partial charge in [-0.05, 0) is 56.3 Å². The molecule has 31 heavy (non-hydrogen) atoms. The Morgan fingerprint density at radius 3 is 2.84 bits per heavy atom. The van der Waals surface area contributed by atoms with Gasteiger partial charge in [-0.2, -0.15) is 5.10 Å². The number of nitrogens with zero attached hydrogens (tertiary/aromatic N) is 3. The highest BCUT2D eigenvalue weighted by atomic mass is 35.5. The predicted octanol–water partition coefficient (Wildman–Crippen LogP) is 2.79. The minimum absolute atomic E-state index is 0.0924. The van der Waals surface area contributed by atoms with Crippen LogP contribution in [-0.2, 0) is 13.0 Å². The number of fused-ring (bicyclic) bond motifs is 1. The number of rotatable bonds is 6. The zero-order chi connectivity index (χ0) is 21.8. The lowest BCUT2D eigenvalue weighted by Crippen LogP contribution is -2.64. The molecule has 7 nitrogen and oxygen atoms in total. The lowest BCUT2D eigenvalue weighted by atomic mass is 9.61. The van der Waals surface area contributed by atoms with Crippen molar-refractivity contribution < 1.29 is 9.53 Å². The number of hydrogen-bond acceptors (Lipinski definition) is 5. The first-order chi connectivity index (χ1) is 14.8. The highest BCUT2D eigenvalue weighted by Crippen LogP contribution is 2.50. The van der Waals surface area contributed by atoms with E-state index in [1.807, 2.05) is 26.1 Å². The zero-order valence-electron chi connectivity index (χ0n) is 17.9. The Balaban J connectivity index is 1.10. The van der Waals surface area contributed by atoms with Crippen molar-refractivity contribution in [2.75, 3.05) is 26.7 Å². The Kier molecular flexibility index (Phi) is 5.06. The van der Waals surface area contributed by atoms with Crippen molar-refractivity contribution in [3.05, 3.63) is 56.0 Å². The fourth-order valence-corrected chi connectivity index (χ4v) is 5.57. The Labute approximate surface area is 186 Å². The molecule has 2 fully saturated rings. The molecule has 2 aliphatic heterocycles. The highest BCUT2D eigenvalue weighted by Gasteiger charge is 2.53. The number of benzene rings is 1. The Bertz CT molecular complexity index is 1080. The largest absolute Gasteiger partial charge is 0.490 e. The summed E-state index contributed by atoms with van der Waals surface area (Å²) < 4.78 is 6.32. The fraction of sp³-hybridized carbons (Fsp3) is 0.522. The molecule has 3 aliphatic rings. The van der Waals surface area contributed by atoms with Gasteiger partial charge in [0.1, 0.15) is 10.8 Å². The van der Waals surface area contributed by atoms with Crippen molar-refractivity contribution in [1.82, 2.24) is 20.0 Å². The molecule has 1 saturated carbocycles. The number of ether oxygens (including phenoxy) is 1. The maximum Gasteiger partial charge on any atom is 0.283 e. The molecule has 1 aromatic heterocycles. The molecule has 164 valence electrons. The maximum atomic E-state index is 12.4. The first-order valence-electron chi connectivity index (χ1n) is 10.8. The molecule has 1 saturated heterocycles. The van der Waals surface area contributed by atoms with E-state index in [0.717, 1.165) is 73.3 Å². The molecule has 2 aromatic rings. The summed E-state index contributed by atoms with van der Waals surface area (Å²) >= 11 is 6.04. The Morgan fingerprint density at radius 2 is 2.06 bits per heavy atom. The second-order valence-electron chi connectivity index (χ2n) is 9.40. The minimum Gasteiger partial charge on any atom is -0.490 e. The topological polar surface area (TPSA) is 78.5 Å². The molecule has 0 atom stereocenters. The SMILES string of the molecule is Cc1ccc(OC2CC3(C2)CN(CCCc2cn[nH]c(=O)c2Cl)C3)c2c1C(=O)N(C)C2. The molecule has 0 radical (unpaired) electrons. The van der Waals surface area contributed by atoms with Gasteiger partial charge in [-0.25, -0.2) is 5.10 Å². The normalized spacial score (nSPS) is 20.0. The maximum absolute atomic E-state index is 12.4. The van der Waals surface area contributed by atoms with Gasteiger partial charge in [0.25, 0.3) is 11.5 Å². The molecule has 1 N–H and O–H groups in total. The number of aromatic nitrogens is 2. The van der Waals surface area contributed by atoms with E-state index in [1.165, 1.54) is 0 Å². The average Bonchev–Trinajstić information content (AvgIpc) is 2.98. The van der Waals surface area contributed by atoms with E-state index in [0.29, 0.717) is 12.0 Å². The van der Waals surface area contributed by atoms with E-state index < -0.39 is 0 Å². The van der Waals surface area contributed by atoms with Crippen LogP contribution in [0.4, 0.5) is 0 Å². The minimum atomic E-state index is -0.321. The lowest BCUT2D eigenvalue weighted by molar-refractivity contribution is -0.119. The summed E-state index contributed by atoms with van der Waals surface area (Å²) in [6.07, 6.45) is 5.73. The van der Waals surface area contributed by atoms with E-state index in [2.05, 4.69) is 15.1 Å². The average molecular weight is 443 g/mol. The molecule has 0 bridgehead atoms. The highest BCUT2D eigenvalue weighted by molar-refractivity contribution is 6.31. The van der Waals surface area contributed by atoms with Gasteiger partial charge in [0.2, 0.25) is 0 Å². The van der Waals surface area contributed by atoms with E-state index in [-0.39, 0.29) is 22.6 Å². The van der Waals surface area contributed by atoms with Crippen LogP contribution in [0.5, 0.6) is 5.75 Å². The van der Waals surface area contributed by atoms with Gasteiger partial charge in [0.05, 0.1) is 24.4 Å². The van der Waals surface area contributed by atoms with Crippen LogP contribution < -0.4 is 10.3 Å². The van der Waals surface area contributed by atoms with Gasteiger partial charge in [-0.15, -0.1) is 0 Å². The quantitative estimate of drug-likeness (QED) is 0.744. The van der Waals surface area contributed by atoms with Crippen molar-refractivity contribution in [2.24, 2.45) is 5.41 Å². The van der Waals surface area contributed by atoms with Crippen molar-refractivity contribution in [2.45, 2.75) is 45.3 Å². The summed E-state index contributed by atoms with van der Waals surface area (Å²) in [6, 6.07) is 4.01. The van der Waals surface area contributed by atoms with Crippen molar-refractivity contribution in [3.8, 4) is 5.75 Å². The number of aromatic amines is 1. The van der Waals surface area contributed by atoms with Crippen LogP contribution in [0.3, 0.4) is 0 Å². The second-order valence-corrected chi connectivity index (χ2v) is 9.77. The van der Waals surface area contributed by atoms with E-state index in [4.69, 9.17) is 16.3 Å². The third-order valence-corrected chi connectivity index (χ3v) is 7.37. The summed E-state index contributed by atoms with van der Waals surface area (Å²) in [5.41, 5.74) is 3.75. The molecular weight excluding hydrogens is 416 g/mol. The monoisotopic (exact) mass is 442 g/mol. The number of carbonyl (C=O) groups excluding carboxylic acids is 1.